The molecule has 0 spiro atoms. The summed E-state index contributed by atoms with van der Waals surface area (Å²) >= 11 is 5.89. The highest BCUT2D eigenvalue weighted by atomic mass is 35.5. The predicted octanol–water partition coefficient (Wildman–Crippen LogP) is 1.92. The van der Waals surface area contributed by atoms with Crippen LogP contribution in [0.3, 0.4) is 0 Å². The Kier molecular flexibility index (Phi) is 2.96. The van der Waals surface area contributed by atoms with E-state index in [1.165, 1.54) is 0 Å². The lowest BCUT2D eigenvalue weighted by atomic mass is 9.83. The van der Waals surface area contributed by atoms with Gasteiger partial charge in [-0.1, -0.05) is 6.07 Å². The molecule has 0 N–H and O–H groups in total. The molecular weight excluding hydrogens is 288 g/mol. The van der Waals surface area contributed by atoms with Crippen LogP contribution in [-0.4, -0.2) is 27.6 Å². The van der Waals surface area contributed by atoms with Gasteiger partial charge in [-0.3, -0.25) is 4.79 Å². The number of piperidine rings is 1. The minimum Gasteiger partial charge on any atom is -0.355 e. The monoisotopic (exact) mass is 302 g/mol. The first-order valence-electron chi connectivity index (χ1n) is 7.14. The number of hydrogen-bond acceptors (Lipinski definition) is 4. The van der Waals surface area contributed by atoms with Crippen molar-refractivity contribution in [3.63, 3.8) is 0 Å². The summed E-state index contributed by atoms with van der Waals surface area (Å²) in [7, 11) is 0. The summed E-state index contributed by atoms with van der Waals surface area (Å²) in [5, 5.41) is 0.278. The first kappa shape index (κ1) is 12.8. The zero-order valence-electron chi connectivity index (χ0n) is 11.4. The van der Waals surface area contributed by atoms with Crippen LogP contribution in [-0.2, 0) is 6.54 Å². The van der Waals surface area contributed by atoms with Crippen molar-refractivity contribution >= 4 is 17.4 Å². The van der Waals surface area contributed by atoms with Gasteiger partial charge >= 0.3 is 0 Å². The fourth-order valence-electron chi connectivity index (χ4n) is 3.59. The van der Waals surface area contributed by atoms with E-state index in [0.717, 1.165) is 37.6 Å². The highest BCUT2D eigenvalue weighted by Gasteiger charge is 2.34. The number of pyridine rings is 1. The van der Waals surface area contributed by atoms with Crippen molar-refractivity contribution in [2.75, 3.05) is 18.0 Å². The minimum absolute atomic E-state index is 0.112. The van der Waals surface area contributed by atoms with Gasteiger partial charge in [0.05, 0.1) is 0 Å². The molecule has 21 heavy (non-hydrogen) atoms. The first-order chi connectivity index (χ1) is 10.2. The molecule has 2 bridgehead atoms. The van der Waals surface area contributed by atoms with Crippen LogP contribution in [0.2, 0.25) is 5.28 Å². The van der Waals surface area contributed by atoms with Crippen molar-refractivity contribution in [3.05, 3.63) is 51.8 Å². The average Bonchev–Trinajstić information content (AvgIpc) is 2.48. The molecule has 0 amide bonds. The van der Waals surface area contributed by atoms with Crippen molar-refractivity contribution in [2.45, 2.75) is 18.9 Å². The van der Waals surface area contributed by atoms with E-state index in [1.54, 1.807) is 12.3 Å². The summed E-state index contributed by atoms with van der Waals surface area (Å²) in [5.41, 5.74) is 1.25. The molecule has 1 saturated heterocycles. The first-order valence-corrected chi connectivity index (χ1v) is 7.52. The topological polar surface area (TPSA) is 51.0 Å². The van der Waals surface area contributed by atoms with Gasteiger partial charge in [-0.15, -0.1) is 0 Å². The Hall–Kier alpha value is -1.88. The fourth-order valence-corrected chi connectivity index (χ4v) is 3.73. The van der Waals surface area contributed by atoms with Crippen LogP contribution in [0.15, 0.2) is 35.3 Å². The Balaban J connectivity index is 1.70. The zero-order chi connectivity index (χ0) is 14.4. The van der Waals surface area contributed by atoms with Crippen molar-refractivity contribution in [3.8, 4) is 0 Å². The van der Waals surface area contributed by atoms with Crippen molar-refractivity contribution in [1.82, 2.24) is 14.5 Å². The lowest BCUT2D eigenvalue weighted by molar-refractivity contribution is 0.280. The summed E-state index contributed by atoms with van der Waals surface area (Å²) < 4.78 is 1.93. The third kappa shape index (κ3) is 2.21. The second-order valence-electron chi connectivity index (χ2n) is 5.79. The molecule has 0 aromatic carbocycles. The third-order valence-electron chi connectivity index (χ3n) is 4.42. The molecule has 2 atom stereocenters. The molecule has 0 saturated carbocycles. The smallest absolute Gasteiger partial charge is 0.250 e. The Morgan fingerprint density at radius 1 is 1.19 bits per heavy atom. The van der Waals surface area contributed by atoms with E-state index in [-0.39, 0.29) is 10.8 Å². The van der Waals surface area contributed by atoms with Gasteiger partial charge in [-0.2, -0.15) is 0 Å². The number of rotatable bonds is 1. The third-order valence-corrected chi connectivity index (χ3v) is 4.60. The average molecular weight is 303 g/mol. The zero-order valence-corrected chi connectivity index (χ0v) is 12.2. The van der Waals surface area contributed by atoms with Gasteiger partial charge in [-0.25, -0.2) is 9.97 Å². The van der Waals surface area contributed by atoms with Gasteiger partial charge in [0, 0.05) is 43.5 Å². The molecule has 1 fully saturated rings. The van der Waals surface area contributed by atoms with Crippen molar-refractivity contribution in [2.24, 2.45) is 5.92 Å². The number of halogens is 1. The van der Waals surface area contributed by atoms with E-state index in [4.69, 9.17) is 11.6 Å². The molecule has 4 rings (SSSR count). The molecule has 2 aliphatic rings. The second kappa shape index (κ2) is 4.84. The van der Waals surface area contributed by atoms with E-state index >= 15 is 0 Å². The molecule has 6 heteroatoms. The quantitative estimate of drug-likeness (QED) is 0.755. The minimum atomic E-state index is 0.112. The maximum Gasteiger partial charge on any atom is 0.250 e. The second-order valence-corrected chi connectivity index (χ2v) is 6.13. The van der Waals surface area contributed by atoms with Crippen LogP contribution in [0.5, 0.6) is 0 Å². The van der Waals surface area contributed by atoms with Crippen LogP contribution in [0.25, 0.3) is 0 Å². The largest absolute Gasteiger partial charge is 0.355 e. The maximum absolute atomic E-state index is 12.0. The van der Waals surface area contributed by atoms with Gasteiger partial charge in [0.15, 0.2) is 0 Å². The van der Waals surface area contributed by atoms with Gasteiger partial charge in [0.1, 0.15) is 5.82 Å². The Morgan fingerprint density at radius 2 is 2.10 bits per heavy atom. The van der Waals surface area contributed by atoms with E-state index in [9.17, 15) is 4.79 Å². The molecule has 2 unspecified atom stereocenters. The molecule has 108 valence electrons. The van der Waals surface area contributed by atoms with E-state index < -0.39 is 0 Å². The van der Waals surface area contributed by atoms with E-state index in [1.807, 2.05) is 16.7 Å². The normalized spacial score (nSPS) is 23.8. The maximum atomic E-state index is 12.0. The molecule has 4 heterocycles. The number of fused-ring (bicyclic) bond motifs is 4. The Labute approximate surface area is 127 Å². The van der Waals surface area contributed by atoms with E-state index in [0.29, 0.717) is 11.8 Å². The number of aromatic nitrogens is 3. The Morgan fingerprint density at radius 3 is 2.95 bits per heavy atom. The van der Waals surface area contributed by atoms with Gasteiger partial charge in [0.2, 0.25) is 5.28 Å². The molecule has 2 aromatic rings. The highest BCUT2D eigenvalue weighted by molar-refractivity contribution is 6.28. The van der Waals surface area contributed by atoms with Crippen LogP contribution in [0.4, 0.5) is 5.82 Å². The van der Waals surface area contributed by atoms with Gasteiger partial charge in [0.25, 0.3) is 5.56 Å². The molecule has 5 nitrogen and oxygen atoms in total. The lowest BCUT2D eigenvalue weighted by Crippen LogP contribution is -2.47. The van der Waals surface area contributed by atoms with Crippen molar-refractivity contribution < 1.29 is 0 Å². The molecule has 0 radical (unpaired) electrons. The van der Waals surface area contributed by atoms with Crippen molar-refractivity contribution in [1.29, 1.82) is 0 Å². The van der Waals surface area contributed by atoms with Gasteiger partial charge in [-0.05, 0) is 36.1 Å². The predicted molar refractivity (Wildman–Crippen MR) is 80.8 cm³/mol. The summed E-state index contributed by atoms with van der Waals surface area (Å²) in [6.07, 6.45) is 2.83. The van der Waals surface area contributed by atoms with Crippen LogP contribution in [0, 0.1) is 5.92 Å². The fraction of sp³-hybridized carbons (Fsp3) is 0.400. The Bertz CT molecular complexity index is 744. The lowest BCUT2D eigenvalue weighted by Gasteiger charge is -2.43. The SMILES string of the molecule is O=c1cccc2n1CC1CC2CN(c2ccnc(Cl)n2)C1. The molecular formula is C15H15ClN4O. The van der Waals surface area contributed by atoms with Crippen LogP contribution >= 0.6 is 11.6 Å². The summed E-state index contributed by atoms with van der Waals surface area (Å²) in [4.78, 5) is 22.5. The summed E-state index contributed by atoms with van der Waals surface area (Å²) in [6, 6.07) is 7.46. The summed E-state index contributed by atoms with van der Waals surface area (Å²) in [5.74, 6) is 1.72. The number of hydrogen-bond donors (Lipinski definition) is 0. The summed E-state index contributed by atoms with van der Waals surface area (Å²) in [6.45, 7) is 2.57. The molecule has 0 aliphatic carbocycles. The van der Waals surface area contributed by atoms with Gasteiger partial charge < -0.3 is 9.47 Å². The molecule has 2 aliphatic heterocycles. The number of anilines is 1. The standard InChI is InChI=1S/C15H15ClN4O/c16-15-17-5-4-13(18-15)19-7-10-6-11(9-19)12-2-1-3-14(21)20(12)8-10/h1-5,10-11H,6-9H2. The number of nitrogens with zero attached hydrogens (tertiary/aromatic N) is 4. The highest BCUT2D eigenvalue weighted by Crippen LogP contribution is 2.36. The molecule has 2 aromatic heterocycles. The van der Waals surface area contributed by atoms with Crippen LogP contribution < -0.4 is 10.5 Å². The van der Waals surface area contributed by atoms with E-state index in [2.05, 4.69) is 20.9 Å². The van der Waals surface area contributed by atoms with Crippen LogP contribution in [0.1, 0.15) is 18.0 Å².